The van der Waals surface area contributed by atoms with Crippen LogP contribution in [-0.4, -0.2) is 93.5 Å². The van der Waals surface area contributed by atoms with Crippen LogP contribution in [0.5, 0.6) is 34.5 Å². The largest absolute Gasteiger partial charge is 0.508 e. The second-order valence-electron chi connectivity index (χ2n) is 13.4. The van der Waals surface area contributed by atoms with Crippen molar-refractivity contribution in [3.8, 4) is 34.5 Å². The summed E-state index contributed by atoms with van der Waals surface area (Å²) in [6.07, 6.45) is 2.38. The summed E-state index contributed by atoms with van der Waals surface area (Å²) < 4.78 is 32.9. The molecule has 0 aromatic heterocycles. The number of ether oxygens (including phenoxy) is 6. The van der Waals surface area contributed by atoms with E-state index in [2.05, 4.69) is 0 Å². The number of phenols is 4. The van der Waals surface area contributed by atoms with E-state index in [9.17, 15) is 49.5 Å². The minimum absolute atomic E-state index is 0.0270. The number of carbonyl (C=O) groups is 5. The van der Waals surface area contributed by atoms with Crippen molar-refractivity contribution in [3.63, 3.8) is 0 Å². The third-order valence-electron chi connectivity index (χ3n) is 9.11. The molecule has 316 valence electrons. The summed E-state index contributed by atoms with van der Waals surface area (Å²) in [7, 11) is 2.66. The van der Waals surface area contributed by atoms with E-state index in [0.717, 1.165) is 24.3 Å². The molecule has 0 bridgehead atoms. The van der Waals surface area contributed by atoms with Crippen LogP contribution in [0, 0.1) is 0 Å². The van der Waals surface area contributed by atoms with Gasteiger partial charge in [-0.3, -0.25) is 0 Å². The van der Waals surface area contributed by atoms with Crippen LogP contribution in [0.1, 0.15) is 35.1 Å². The number of esters is 4. The fourth-order valence-corrected chi connectivity index (χ4v) is 6.08. The zero-order valence-corrected chi connectivity index (χ0v) is 32.6. The summed E-state index contributed by atoms with van der Waals surface area (Å²) >= 11 is 0. The predicted molar refractivity (Wildman–Crippen MR) is 217 cm³/mol. The number of aliphatic carboxylic acids is 1. The van der Waals surface area contributed by atoms with Gasteiger partial charge in [-0.25, -0.2) is 24.0 Å². The molecule has 1 fully saturated rings. The van der Waals surface area contributed by atoms with Gasteiger partial charge in [0.2, 0.25) is 5.60 Å². The SMILES string of the molecule is COc1cc(/C=C\C(=O)OC2[C@H](OC(=O)/C=C/c3ccc(O)cc3)CC(OC(=O)/C=C/c3ccc(O)cc3)(C(=O)O)C[C@H]2OC(=O)/C=C/c2ccc(O)c(OC)c2)ccc1O. The highest BCUT2D eigenvalue weighted by Crippen LogP contribution is 2.38. The highest BCUT2D eigenvalue weighted by Gasteiger charge is 2.57. The predicted octanol–water partition coefficient (Wildman–Crippen LogP) is 5.58. The number of phenolic OH excluding ortho intramolecular Hbond substituents is 4. The monoisotopic (exact) mass is 836 g/mol. The van der Waals surface area contributed by atoms with Gasteiger partial charge in [-0.1, -0.05) is 36.4 Å². The number of carbonyl (C=O) groups excluding carboxylic acids is 4. The van der Waals surface area contributed by atoms with Crippen molar-refractivity contribution in [3.05, 3.63) is 131 Å². The smallest absolute Gasteiger partial charge is 0.348 e. The van der Waals surface area contributed by atoms with Gasteiger partial charge in [-0.15, -0.1) is 0 Å². The zero-order valence-electron chi connectivity index (χ0n) is 32.6. The molecule has 16 nitrogen and oxygen atoms in total. The summed E-state index contributed by atoms with van der Waals surface area (Å²) in [5, 5.41) is 49.8. The van der Waals surface area contributed by atoms with Crippen molar-refractivity contribution in [1.29, 1.82) is 0 Å². The molecule has 0 aliphatic heterocycles. The van der Waals surface area contributed by atoms with Crippen LogP contribution in [0.15, 0.2) is 109 Å². The Morgan fingerprint density at radius 2 is 0.885 bits per heavy atom. The average molecular weight is 837 g/mol. The number of methoxy groups -OCH3 is 2. The van der Waals surface area contributed by atoms with Crippen LogP contribution in [0.3, 0.4) is 0 Å². The molecule has 0 radical (unpaired) electrons. The number of hydrogen-bond acceptors (Lipinski definition) is 15. The van der Waals surface area contributed by atoms with E-state index in [0.29, 0.717) is 22.3 Å². The fraction of sp³-hybridized carbons (Fsp3) is 0.178. The number of rotatable bonds is 15. The lowest BCUT2D eigenvalue weighted by Crippen LogP contribution is -2.60. The Bertz CT molecular complexity index is 2360. The minimum Gasteiger partial charge on any atom is -0.508 e. The Labute approximate surface area is 348 Å². The topological polar surface area (TPSA) is 242 Å². The van der Waals surface area contributed by atoms with E-state index in [-0.39, 0.29) is 34.5 Å². The lowest BCUT2D eigenvalue weighted by molar-refractivity contribution is -0.217. The lowest BCUT2D eigenvalue weighted by Gasteiger charge is -2.43. The molecule has 0 spiro atoms. The van der Waals surface area contributed by atoms with Crippen LogP contribution >= 0.6 is 0 Å². The molecule has 0 saturated heterocycles. The highest BCUT2D eigenvalue weighted by molar-refractivity contribution is 5.92. The van der Waals surface area contributed by atoms with Gasteiger partial charge < -0.3 is 54.0 Å². The van der Waals surface area contributed by atoms with Crippen molar-refractivity contribution in [1.82, 2.24) is 0 Å². The lowest BCUT2D eigenvalue weighted by atomic mass is 9.79. The number of aromatic hydroxyl groups is 4. The molecule has 16 heteroatoms. The van der Waals surface area contributed by atoms with Crippen molar-refractivity contribution < 1.29 is 77.9 Å². The zero-order chi connectivity index (χ0) is 44.1. The van der Waals surface area contributed by atoms with Gasteiger partial charge >= 0.3 is 29.8 Å². The highest BCUT2D eigenvalue weighted by atomic mass is 16.6. The van der Waals surface area contributed by atoms with Gasteiger partial charge in [0.05, 0.1) is 14.2 Å². The van der Waals surface area contributed by atoms with E-state index in [1.165, 1.54) is 123 Å². The molecule has 61 heavy (non-hydrogen) atoms. The first kappa shape index (κ1) is 44.1. The normalized spacial score (nSPS) is 18.8. The average Bonchev–Trinajstić information content (AvgIpc) is 3.23. The summed E-state index contributed by atoms with van der Waals surface area (Å²) in [6, 6.07) is 19.9. The molecule has 0 amide bonds. The summed E-state index contributed by atoms with van der Waals surface area (Å²) in [6.45, 7) is 0. The van der Waals surface area contributed by atoms with Gasteiger partial charge in [-0.05, 0) is 95.1 Å². The second-order valence-corrected chi connectivity index (χ2v) is 13.4. The maximum atomic E-state index is 13.4. The molecule has 4 aromatic carbocycles. The Hall–Kier alpha value is -8.01. The fourth-order valence-electron chi connectivity index (χ4n) is 6.08. The Kier molecular flexibility index (Phi) is 14.5. The van der Waals surface area contributed by atoms with E-state index >= 15 is 0 Å². The second kappa shape index (κ2) is 20.1. The summed E-state index contributed by atoms with van der Waals surface area (Å²) in [5.74, 6) is -6.22. The van der Waals surface area contributed by atoms with E-state index in [1.54, 1.807) is 0 Å². The molecule has 4 aromatic rings. The van der Waals surface area contributed by atoms with Gasteiger partial charge in [0.1, 0.15) is 23.7 Å². The first-order valence-corrected chi connectivity index (χ1v) is 18.3. The van der Waals surface area contributed by atoms with Gasteiger partial charge in [0, 0.05) is 37.1 Å². The van der Waals surface area contributed by atoms with E-state index < -0.39 is 66.6 Å². The quantitative estimate of drug-likeness (QED) is 0.0558. The van der Waals surface area contributed by atoms with Crippen molar-refractivity contribution in [2.24, 2.45) is 0 Å². The molecular formula is C45H40O16. The molecule has 2 unspecified atom stereocenters. The van der Waals surface area contributed by atoms with Crippen molar-refractivity contribution in [2.75, 3.05) is 14.2 Å². The first-order valence-electron chi connectivity index (χ1n) is 18.3. The van der Waals surface area contributed by atoms with Crippen molar-refractivity contribution >= 4 is 54.2 Å². The van der Waals surface area contributed by atoms with Crippen LogP contribution < -0.4 is 9.47 Å². The van der Waals surface area contributed by atoms with Crippen molar-refractivity contribution in [2.45, 2.75) is 36.8 Å². The number of hydrogen-bond donors (Lipinski definition) is 5. The Morgan fingerprint density at radius 1 is 0.525 bits per heavy atom. The van der Waals surface area contributed by atoms with Crippen LogP contribution in [0.2, 0.25) is 0 Å². The maximum Gasteiger partial charge on any atom is 0.348 e. The van der Waals surface area contributed by atoms with E-state index in [4.69, 9.17) is 28.4 Å². The molecular weight excluding hydrogens is 796 g/mol. The van der Waals surface area contributed by atoms with E-state index in [1.807, 2.05) is 0 Å². The third-order valence-corrected chi connectivity index (χ3v) is 9.11. The maximum absolute atomic E-state index is 13.4. The minimum atomic E-state index is -2.54. The molecule has 5 rings (SSSR count). The molecule has 5 N–H and O–H groups in total. The molecule has 1 saturated carbocycles. The molecule has 4 atom stereocenters. The first-order chi connectivity index (χ1) is 29.2. The third kappa shape index (κ3) is 12.2. The number of carboxylic acids is 1. The van der Waals surface area contributed by atoms with Crippen LogP contribution in [0.25, 0.3) is 24.3 Å². The summed E-state index contributed by atoms with van der Waals surface area (Å²) in [4.78, 5) is 66.6. The Balaban J connectivity index is 1.51. The number of carboxylic acid groups (broad SMARTS) is 1. The molecule has 1 aliphatic carbocycles. The molecule has 0 heterocycles. The van der Waals surface area contributed by atoms with Gasteiger partial charge in [0.25, 0.3) is 0 Å². The Morgan fingerprint density at radius 3 is 1.28 bits per heavy atom. The number of benzene rings is 4. The van der Waals surface area contributed by atoms with Crippen LogP contribution in [0.4, 0.5) is 0 Å². The van der Waals surface area contributed by atoms with Gasteiger partial charge in [-0.2, -0.15) is 0 Å². The standard InChI is InChI=1S/C45H40O16/c1-56-35-23-29(7-17-33(35)48)11-20-40(51)59-38-26-45(44(54)55,61-42(53)22-10-28-5-15-32(47)16-6-28)25-37(58-39(50)19-9-27-3-13-31(46)14-4-27)43(38)60-41(52)21-12-30-8-18-34(49)36(24-30)57-2/h3-24,37-38,43,46-49H,25-26H2,1-2H3,(H,54,55)/b19-9+,20-11+,21-12-,22-10+/t37-,38-,43?,45?/m1/s1. The summed E-state index contributed by atoms with van der Waals surface area (Å²) in [5.41, 5.74) is -0.839. The van der Waals surface area contributed by atoms with Gasteiger partial charge in [0.15, 0.2) is 29.1 Å². The van der Waals surface area contributed by atoms with Crippen LogP contribution in [-0.2, 0) is 42.9 Å². The molecule has 1 aliphatic rings.